The van der Waals surface area contributed by atoms with Gasteiger partial charge in [-0.1, -0.05) is 42.4 Å². The number of aryl methyl sites for hydroxylation is 1. The summed E-state index contributed by atoms with van der Waals surface area (Å²) in [5.74, 6) is 0.358. The first kappa shape index (κ1) is 22.4. The van der Waals surface area contributed by atoms with Crippen LogP contribution in [0.1, 0.15) is 46.3 Å². The molecular formula is C23H24ClN5O2S. The fourth-order valence-corrected chi connectivity index (χ4v) is 4.63. The number of halogens is 1. The third-order valence-corrected chi connectivity index (χ3v) is 6.52. The predicted molar refractivity (Wildman–Crippen MR) is 127 cm³/mol. The van der Waals surface area contributed by atoms with Gasteiger partial charge in [-0.2, -0.15) is 0 Å². The van der Waals surface area contributed by atoms with E-state index in [1.807, 2.05) is 19.1 Å². The number of rotatable bonds is 7. The summed E-state index contributed by atoms with van der Waals surface area (Å²) in [6.07, 6.45) is 4.30. The summed E-state index contributed by atoms with van der Waals surface area (Å²) in [6.45, 7) is 3.53. The second-order valence-electron chi connectivity index (χ2n) is 7.59. The van der Waals surface area contributed by atoms with Gasteiger partial charge in [0.1, 0.15) is 11.5 Å². The normalized spacial score (nSPS) is 13.5. The number of benzene rings is 1. The van der Waals surface area contributed by atoms with Crippen molar-refractivity contribution < 1.29 is 9.59 Å². The van der Waals surface area contributed by atoms with Crippen molar-refractivity contribution >= 4 is 40.9 Å². The number of carbonyl (C=O) groups excluding carboxylic acids is 2. The van der Waals surface area contributed by atoms with Crippen molar-refractivity contribution in [3.05, 3.63) is 58.5 Å². The van der Waals surface area contributed by atoms with Gasteiger partial charge in [0, 0.05) is 35.4 Å². The Morgan fingerprint density at radius 3 is 2.59 bits per heavy atom. The molecule has 0 unspecified atom stereocenters. The molecule has 3 heterocycles. The zero-order valence-electron chi connectivity index (χ0n) is 17.7. The third kappa shape index (κ3) is 4.81. The predicted octanol–water partition coefficient (Wildman–Crippen LogP) is 4.48. The highest BCUT2D eigenvalue weighted by molar-refractivity contribution is 7.99. The second kappa shape index (κ2) is 9.75. The number of H-pyrrole nitrogens is 1. The van der Waals surface area contributed by atoms with Crippen LogP contribution >= 0.6 is 23.4 Å². The number of likely N-dealkylation sites (tertiary alicyclic amines) is 1. The molecule has 1 fully saturated rings. The molecule has 0 bridgehead atoms. The Bertz CT molecular complexity index is 1140. The average Bonchev–Trinajstić information content (AvgIpc) is 3.50. The summed E-state index contributed by atoms with van der Waals surface area (Å²) in [6, 6.07) is 9.01. The number of anilines is 1. The maximum atomic E-state index is 12.7. The molecule has 0 aliphatic carbocycles. The van der Waals surface area contributed by atoms with Crippen molar-refractivity contribution in [3.63, 3.8) is 0 Å². The van der Waals surface area contributed by atoms with Crippen LogP contribution in [0.3, 0.4) is 0 Å². The summed E-state index contributed by atoms with van der Waals surface area (Å²) >= 11 is 7.22. The molecule has 7 nitrogen and oxygen atoms in total. The number of aromatic nitrogens is 3. The number of Topliss-reactive ketones (excluding diaryl/α,β-unsaturated/α-hetero) is 1. The SMILES string of the molecule is CCc1nc(SCC(=O)c2c[nH]c(C(=O)N3CCCC3)c2)nc(N)c1-c1ccc(Cl)cc1. The van der Waals surface area contributed by atoms with Crippen LogP contribution < -0.4 is 5.73 Å². The number of amides is 1. The number of ketones is 1. The third-order valence-electron chi connectivity index (χ3n) is 5.42. The quantitative estimate of drug-likeness (QED) is 0.300. The van der Waals surface area contributed by atoms with E-state index >= 15 is 0 Å². The molecule has 1 amide bonds. The number of nitrogens with zero attached hydrogens (tertiary/aromatic N) is 3. The van der Waals surface area contributed by atoms with Gasteiger partial charge in [0.25, 0.3) is 5.91 Å². The molecule has 0 radical (unpaired) electrons. The lowest BCUT2D eigenvalue weighted by atomic mass is 10.0. The van der Waals surface area contributed by atoms with E-state index in [4.69, 9.17) is 17.3 Å². The lowest BCUT2D eigenvalue weighted by Crippen LogP contribution is -2.27. The Hall–Kier alpha value is -2.84. The number of thioether (sulfide) groups is 1. The van der Waals surface area contributed by atoms with Crippen LogP contribution in [0.25, 0.3) is 11.1 Å². The largest absolute Gasteiger partial charge is 0.383 e. The van der Waals surface area contributed by atoms with Crippen molar-refractivity contribution in [1.29, 1.82) is 0 Å². The van der Waals surface area contributed by atoms with Gasteiger partial charge in [-0.15, -0.1) is 0 Å². The number of hydrogen-bond acceptors (Lipinski definition) is 6. The molecule has 0 atom stereocenters. The Morgan fingerprint density at radius 1 is 1.19 bits per heavy atom. The first-order chi connectivity index (χ1) is 15.5. The van der Waals surface area contributed by atoms with Crippen LogP contribution in [0.15, 0.2) is 41.7 Å². The van der Waals surface area contributed by atoms with E-state index in [-0.39, 0.29) is 17.4 Å². The van der Waals surface area contributed by atoms with E-state index in [0.717, 1.165) is 42.8 Å². The summed E-state index contributed by atoms with van der Waals surface area (Å²) in [5, 5.41) is 1.10. The first-order valence-corrected chi connectivity index (χ1v) is 11.9. The summed E-state index contributed by atoms with van der Waals surface area (Å²) in [7, 11) is 0. The minimum Gasteiger partial charge on any atom is -0.383 e. The lowest BCUT2D eigenvalue weighted by Gasteiger charge is -2.13. The van der Waals surface area contributed by atoms with Gasteiger partial charge in [-0.05, 0) is 43.0 Å². The minimum absolute atomic E-state index is 0.0596. The van der Waals surface area contributed by atoms with Gasteiger partial charge in [0.05, 0.1) is 11.4 Å². The average molecular weight is 470 g/mol. The Labute approximate surface area is 195 Å². The molecule has 9 heteroatoms. The van der Waals surface area contributed by atoms with E-state index in [9.17, 15) is 9.59 Å². The monoisotopic (exact) mass is 469 g/mol. The van der Waals surface area contributed by atoms with Crippen molar-refractivity contribution in [2.24, 2.45) is 0 Å². The number of nitrogens with two attached hydrogens (primary N) is 1. The van der Waals surface area contributed by atoms with Gasteiger partial charge >= 0.3 is 0 Å². The van der Waals surface area contributed by atoms with E-state index in [0.29, 0.717) is 33.7 Å². The van der Waals surface area contributed by atoms with Crippen molar-refractivity contribution in [1.82, 2.24) is 19.9 Å². The molecule has 0 spiro atoms. The molecule has 1 aliphatic rings. The van der Waals surface area contributed by atoms with E-state index in [1.165, 1.54) is 11.8 Å². The van der Waals surface area contributed by atoms with E-state index < -0.39 is 0 Å². The van der Waals surface area contributed by atoms with Gasteiger partial charge in [0.15, 0.2) is 10.9 Å². The highest BCUT2D eigenvalue weighted by Crippen LogP contribution is 2.31. The summed E-state index contributed by atoms with van der Waals surface area (Å²) < 4.78 is 0. The highest BCUT2D eigenvalue weighted by Gasteiger charge is 2.22. The van der Waals surface area contributed by atoms with Crippen LogP contribution in [0.5, 0.6) is 0 Å². The van der Waals surface area contributed by atoms with Crippen LogP contribution in [0.2, 0.25) is 5.02 Å². The molecule has 3 aromatic rings. The van der Waals surface area contributed by atoms with Crippen LogP contribution in [0, 0.1) is 0 Å². The Morgan fingerprint density at radius 2 is 1.91 bits per heavy atom. The molecule has 1 saturated heterocycles. The zero-order valence-corrected chi connectivity index (χ0v) is 19.3. The molecule has 0 saturated carbocycles. The zero-order chi connectivity index (χ0) is 22.7. The smallest absolute Gasteiger partial charge is 0.270 e. The van der Waals surface area contributed by atoms with Crippen LogP contribution in [-0.2, 0) is 6.42 Å². The number of nitrogen functional groups attached to an aromatic ring is 1. The topological polar surface area (TPSA) is 105 Å². The standard InChI is InChI=1S/C23H24ClN5O2S/c1-2-17-20(14-5-7-16(24)8-6-14)21(25)28-23(27-17)32-13-19(30)15-11-18(26-12-15)22(31)29-9-3-4-10-29/h5-8,11-12,26H,2-4,9-10,13H2,1H3,(H2,25,27,28). The molecule has 1 aliphatic heterocycles. The fraction of sp³-hybridized carbons (Fsp3) is 0.304. The Balaban J connectivity index is 1.45. The first-order valence-electron chi connectivity index (χ1n) is 10.5. The second-order valence-corrected chi connectivity index (χ2v) is 8.97. The van der Waals surface area contributed by atoms with Crippen molar-refractivity contribution in [2.75, 3.05) is 24.6 Å². The number of hydrogen-bond donors (Lipinski definition) is 2. The molecule has 4 rings (SSSR count). The van der Waals surface area contributed by atoms with E-state index in [1.54, 1.807) is 29.3 Å². The molecule has 166 valence electrons. The molecular weight excluding hydrogens is 446 g/mol. The highest BCUT2D eigenvalue weighted by atomic mass is 35.5. The maximum absolute atomic E-state index is 12.7. The molecule has 3 N–H and O–H groups in total. The maximum Gasteiger partial charge on any atom is 0.270 e. The lowest BCUT2D eigenvalue weighted by molar-refractivity contribution is 0.0787. The molecule has 32 heavy (non-hydrogen) atoms. The Kier molecular flexibility index (Phi) is 6.81. The van der Waals surface area contributed by atoms with Crippen LogP contribution in [0.4, 0.5) is 5.82 Å². The minimum atomic E-state index is -0.103. The van der Waals surface area contributed by atoms with Gasteiger partial charge in [0.2, 0.25) is 0 Å². The van der Waals surface area contributed by atoms with Gasteiger partial charge < -0.3 is 15.6 Å². The van der Waals surface area contributed by atoms with Crippen molar-refractivity contribution in [3.8, 4) is 11.1 Å². The molecule has 1 aromatic carbocycles. The summed E-state index contributed by atoms with van der Waals surface area (Å²) in [5.41, 5.74) is 9.68. The summed E-state index contributed by atoms with van der Waals surface area (Å²) in [4.78, 5) is 38.9. The number of carbonyl (C=O) groups is 2. The van der Waals surface area contributed by atoms with Crippen molar-refractivity contribution in [2.45, 2.75) is 31.3 Å². The van der Waals surface area contributed by atoms with Gasteiger partial charge in [-0.25, -0.2) is 9.97 Å². The van der Waals surface area contributed by atoms with E-state index in [2.05, 4.69) is 15.0 Å². The fourth-order valence-electron chi connectivity index (χ4n) is 3.74. The van der Waals surface area contributed by atoms with Gasteiger partial charge in [-0.3, -0.25) is 9.59 Å². The molecule has 2 aromatic heterocycles. The number of nitrogens with one attached hydrogen (secondary N) is 1. The number of aromatic amines is 1. The van der Waals surface area contributed by atoms with Crippen LogP contribution in [-0.4, -0.2) is 50.4 Å².